The highest BCUT2D eigenvalue weighted by Gasteiger charge is 2.27. The zero-order chi connectivity index (χ0) is 20.2. The predicted octanol–water partition coefficient (Wildman–Crippen LogP) is 3.17. The molecule has 1 aromatic heterocycles. The van der Waals surface area contributed by atoms with Gasteiger partial charge in [0.2, 0.25) is 0 Å². The Morgan fingerprint density at radius 2 is 1.96 bits per heavy atom. The quantitative estimate of drug-likeness (QED) is 0.782. The summed E-state index contributed by atoms with van der Waals surface area (Å²) >= 11 is 0. The minimum absolute atomic E-state index is 0.133. The minimum Gasteiger partial charge on any atom is -0.454 e. The molecule has 27 heavy (non-hydrogen) atoms. The molecule has 1 N–H and O–H groups in total. The molecular weight excluding hydrogens is 346 g/mol. The third-order valence-corrected chi connectivity index (χ3v) is 3.96. The Balaban J connectivity index is 2.00. The minimum atomic E-state index is -0.775. The summed E-state index contributed by atoms with van der Waals surface area (Å²) in [5.41, 5.74) is 1.21. The van der Waals surface area contributed by atoms with E-state index in [0.717, 1.165) is 5.56 Å². The number of ether oxygens (including phenoxy) is 1. The van der Waals surface area contributed by atoms with Crippen molar-refractivity contribution in [3.63, 3.8) is 0 Å². The van der Waals surface area contributed by atoms with Crippen LogP contribution in [0, 0.1) is 12.8 Å². The number of amides is 1. The van der Waals surface area contributed by atoms with Crippen molar-refractivity contribution >= 4 is 11.9 Å². The van der Waals surface area contributed by atoms with Gasteiger partial charge in [-0.1, -0.05) is 57.5 Å². The molecule has 0 bridgehead atoms. The summed E-state index contributed by atoms with van der Waals surface area (Å²) in [6, 6.07) is 6.40. The molecule has 0 aliphatic rings. The van der Waals surface area contributed by atoms with E-state index in [2.05, 4.69) is 15.5 Å². The molecule has 1 heterocycles. The fraction of sp³-hybridized carbons (Fsp3) is 0.500. The van der Waals surface area contributed by atoms with Gasteiger partial charge in [0.05, 0.1) is 0 Å². The highest BCUT2D eigenvalue weighted by atomic mass is 16.6. The topological polar surface area (TPSA) is 94.3 Å². The number of carbonyl (C=O) groups excluding carboxylic acids is 2. The van der Waals surface area contributed by atoms with E-state index in [4.69, 9.17) is 9.26 Å². The molecule has 0 saturated heterocycles. The van der Waals surface area contributed by atoms with Crippen molar-refractivity contribution in [2.24, 2.45) is 5.92 Å². The van der Waals surface area contributed by atoms with Crippen molar-refractivity contribution < 1.29 is 18.8 Å². The van der Waals surface area contributed by atoms with Crippen molar-refractivity contribution in [3.05, 3.63) is 47.1 Å². The lowest BCUT2D eigenvalue weighted by atomic mass is 9.96. The van der Waals surface area contributed by atoms with Gasteiger partial charge in [0, 0.05) is 11.0 Å². The zero-order valence-electron chi connectivity index (χ0n) is 16.7. The highest BCUT2D eigenvalue weighted by Crippen LogP contribution is 2.18. The molecule has 7 heteroatoms. The molecule has 0 spiro atoms. The summed E-state index contributed by atoms with van der Waals surface area (Å²) < 4.78 is 10.4. The third-order valence-electron chi connectivity index (χ3n) is 3.96. The molecule has 0 unspecified atom stereocenters. The van der Waals surface area contributed by atoms with E-state index < -0.39 is 12.0 Å². The molecule has 0 fully saturated rings. The summed E-state index contributed by atoms with van der Waals surface area (Å²) in [6.45, 7) is 11.3. The number of aromatic nitrogens is 2. The van der Waals surface area contributed by atoms with E-state index in [-0.39, 0.29) is 29.7 Å². The van der Waals surface area contributed by atoms with Crippen LogP contribution in [0.2, 0.25) is 0 Å². The number of nitrogens with one attached hydrogen (secondary N) is 1. The number of hydrogen-bond donors (Lipinski definition) is 1. The van der Waals surface area contributed by atoms with Gasteiger partial charge in [-0.05, 0) is 25.0 Å². The highest BCUT2D eigenvalue weighted by molar-refractivity contribution is 5.97. The second-order valence-corrected chi connectivity index (χ2v) is 7.93. The van der Waals surface area contributed by atoms with Crippen molar-refractivity contribution in [2.45, 2.75) is 59.6 Å². The number of benzene rings is 1. The third kappa shape index (κ3) is 5.64. The lowest BCUT2D eigenvalue weighted by Gasteiger charge is -2.20. The Labute approximate surface area is 159 Å². The van der Waals surface area contributed by atoms with Gasteiger partial charge in [0.1, 0.15) is 6.04 Å². The lowest BCUT2D eigenvalue weighted by Crippen LogP contribution is -2.45. The number of rotatable bonds is 6. The SMILES string of the molecule is Cc1cccc(C(=O)N[C@H](C(=O)OCc2nc(C(C)(C)C)no2)C(C)C)c1. The Hall–Kier alpha value is -2.70. The van der Waals surface area contributed by atoms with Crippen molar-refractivity contribution in [1.82, 2.24) is 15.5 Å². The van der Waals surface area contributed by atoms with Gasteiger partial charge in [0.15, 0.2) is 12.4 Å². The van der Waals surface area contributed by atoms with Gasteiger partial charge < -0.3 is 14.6 Å². The first kappa shape index (κ1) is 20.6. The maximum Gasteiger partial charge on any atom is 0.329 e. The van der Waals surface area contributed by atoms with Gasteiger partial charge in [-0.25, -0.2) is 4.79 Å². The van der Waals surface area contributed by atoms with Crippen LogP contribution < -0.4 is 5.32 Å². The van der Waals surface area contributed by atoms with Crippen LogP contribution in [-0.4, -0.2) is 28.1 Å². The second-order valence-electron chi connectivity index (χ2n) is 7.93. The molecule has 0 saturated carbocycles. The van der Waals surface area contributed by atoms with Gasteiger partial charge in [-0.2, -0.15) is 4.98 Å². The molecule has 1 aromatic carbocycles. The molecule has 146 valence electrons. The number of esters is 1. The number of nitrogens with zero attached hydrogens (tertiary/aromatic N) is 2. The average Bonchev–Trinajstić information content (AvgIpc) is 3.06. The molecule has 7 nitrogen and oxygen atoms in total. The van der Waals surface area contributed by atoms with Crippen LogP contribution in [0.1, 0.15) is 62.3 Å². The summed E-state index contributed by atoms with van der Waals surface area (Å²) in [7, 11) is 0. The Morgan fingerprint density at radius 3 is 2.52 bits per heavy atom. The summed E-state index contributed by atoms with van der Waals surface area (Å²) in [5, 5.41) is 6.64. The predicted molar refractivity (Wildman–Crippen MR) is 100 cm³/mol. The first-order valence-electron chi connectivity index (χ1n) is 8.95. The Kier molecular flexibility index (Phi) is 6.36. The average molecular weight is 373 g/mol. The number of hydrogen-bond acceptors (Lipinski definition) is 6. The monoisotopic (exact) mass is 373 g/mol. The maximum atomic E-state index is 12.5. The maximum absolute atomic E-state index is 12.5. The standard InChI is InChI=1S/C20H27N3O4/c1-12(2)16(22-17(24)14-9-7-8-13(3)10-14)18(25)26-11-15-21-19(23-27-15)20(4,5)6/h7-10,12,16H,11H2,1-6H3,(H,22,24)/t16-/m0/s1. The molecule has 0 radical (unpaired) electrons. The van der Waals surface area contributed by atoms with Crippen LogP contribution in [0.15, 0.2) is 28.8 Å². The molecular formula is C20H27N3O4. The van der Waals surface area contributed by atoms with Gasteiger partial charge >= 0.3 is 5.97 Å². The summed E-state index contributed by atoms with van der Waals surface area (Å²) in [5.74, 6) is -0.231. The smallest absolute Gasteiger partial charge is 0.329 e. The lowest BCUT2D eigenvalue weighted by molar-refractivity contribution is -0.149. The van der Waals surface area contributed by atoms with Crippen LogP contribution in [0.3, 0.4) is 0 Å². The molecule has 0 aliphatic carbocycles. The van der Waals surface area contributed by atoms with Gasteiger partial charge in [0.25, 0.3) is 11.8 Å². The number of aryl methyl sites for hydroxylation is 1. The second kappa shape index (κ2) is 8.33. The van der Waals surface area contributed by atoms with Crippen molar-refractivity contribution in [3.8, 4) is 0 Å². The van der Waals surface area contributed by atoms with E-state index in [1.165, 1.54) is 0 Å². The molecule has 2 rings (SSSR count). The van der Waals surface area contributed by atoms with Crippen LogP contribution in [-0.2, 0) is 21.6 Å². The van der Waals surface area contributed by atoms with Gasteiger partial charge in [-0.15, -0.1) is 0 Å². The van der Waals surface area contributed by atoms with E-state index in [1.807, 2.05) is 47.6 Å². The van der Waals surface area contributed by atoms with E-state index in [0.29, 0.717) is 11.4 Å². The number of carbonyl (C=O) groups is 2. The largest absolute Gasteiger partial charge is 0.454 e. The van der Waals surface area contributed by atoms with Gasteiger partial charge in [-0.3, -0.25) is 4.79 Å². The molecule has 1 amide bonds. The van der Waals surface area contributed by atoms with Crippen LogP contribution in [0.25, 0.3) is 0 Å². The van der Waals surface area contributed by atoms with Crippen LogP contribution in [0.4, 0.5) is 0 Å². The van der Waals surface area contributed by atoms with E-state index in [9.17, 15) is 9.59 Å². The molecule has 2 aromatic rings. The van der Waals surface area contributed by atoms with Crippen LogP contribution in [0.5, 0.6) is 0 Å². The van der Waals surface area contributed by atoms with E-state index in [1.54, 1.807) is 18.2 Å². The molecule has 0 aliphatic heterocycles. The normalized spacial score (nSPS) is 12.7. The Morgan fingerprint density at radius 1 is 1.26 bits per heavy atom. The summed E-state index contributed by atoms with van der Waals surface area (Å²) in [6.07, 6.45) is 0. The van der Waals surface area contributed by atoms with Crippen LogP contribution >= 0.6 is 0 Å². The summed E-state index contributed by atoms with van der Waals surface area (Å²) in [4.78, 5) is 29.1. The van der Waals surface area contributed by atoms with E-state index >= 15 is 0 Å². The fourth-order valence-electron chi connectivity index (χ4n) is 2.35. The first-order valence-corrected chi connectivity index (χ1v) is 8.95. The Bertz CT molecular complexity index is 806. The van der Waals surface area contributed by atoms with Crippen molar-refractivity contribution in [2.75, 3.05) is 0 Å². The zero-order valence-corrected chi connectivity index (χ0v) is 16.7. The fourth-order valence-corrected chi connectivity index (χ4v) is 2.35. The van der Waals surface area contributed by atoms with Crippen molar-refractivity contribution in [1.29, 1.82) is 0 Å². The first-order chi connectivity index (χ1) is 12.6. The molecule has 1 atom stereocenters.